The van der Waals surface area contributed by atoms with E-state index in [1.54, 1.807) is 0 Å². The van der Waals surface area contributed by atoms with E-state index < -0.39 is 5.41 Å². The van der Waals surface area contributed by atoms with Crippen LogP contribution in [0.1, 0.15) is 22.3 Å². The van der Waals surface area contributed by atoms with Gasteiger partial charge >= 0.3 is 0 Å². The Morgan fingerprint density at radius 1 is 0.253 bits per heavy atom. The largest absolute Gasteiger partial charge is 0.310 e. The quantitative estimate of drug-likeness (QED) is 0.133. The lowest BCUT2D eigenvalue weighted by Crippen LogP contribution is -2.28. The van der Waals surface area contributed by atoms with Crippen LogP contribution in [0.25, 0.3) is 93.9 Å². The summed E-state index contributed by atoms with van der Waals surface area (Å²) in [7, 11) is 0. The molecule has 1 aromatic heterocycles. The molecule has 0 N–H and O–H groups in total. The Morgan fingerprint density at radius 3 is 1.47 bits per heavy atom. The highest BCUT2D eigenvalue weighted by Gasteiger charge is 2.46. The molecule has 0 spiro atoms. The molecule has 0 amide bonds. The van der Waals surface area contributed by atoms with Gasteiger partial charge in [0.1, 0.15) is 0 Å². The molecule has 2 nitrogen and oxygen atoms in total. The van der Waals surface area contributed by atoms with Crippen molar-refractivity contribution in [2.24, 2.45) is 0 Å². The molecule has 370 valence electrons. The van der Waals surface area contributed by atoms with Gasteiger partial charge in [-0.2, -0.15) is 0 Å². The Hall–Kier alpha value is -10.3. The number of para-hydroxylation sites is 1. The molecule has 0 radical (unpaired) electrons. The smallest absolute Gasteiger partial charge is 0.0714 e. The Balaban J connectivity index is 0.878. The molecule has 0 saturated heterocycles. The molecule has 13 aromatic carbocycles. The first-order valence-electron chi connectivity index (χ1n) is 27.3. The van der Waals surface area contributed by atoms with Gasteiger partial charge in [-0.3, -0.25) is 0 Å². The van der Waals surface area contributed by atoms with Crippen molar-refractivity contribution in [1.82, 2.24) is 4.57 Å². The van der Waals surface area contributed by atoms with Crippen molar-refractivity contribution >= 4 is 49.6 Å². The van der Waals surface area contributed by atoms with E-state index >= 15 is 0 Å². The average molecular weight is 1010 g/mol. The molecule has 0 saturated carbocycles. The number of anilines is 3. The van der Waals surface area contributed by atoms with Gasteiger partial charge in [0.15, 0.2) is 0 Å². The number of rotatable bonds is 10. The SMILES string of the molecule is c1ccc(-c2ccc(-n3c4ccccc4c4cc(-c5cccc(-c6cccc(N(c7ccc8c(c7)C(c7ccccc7)(c7ccccc7)c7ccccc7-8)c7ccc(-c8ccccc8)c8ccccc78)c6)c5)ccc43)cc2)cc1. The number of hydrogen-bond acceptors (Lipinski definition) is 1. The lowest BCUT2D eigenvalue weighted by molar-refractivity contribution is 0.768. The first kappa shape index (κ1) is 46.1. The molecule has 0 aliphatic heterocycles. The molecular weight excluding hydrogens is 953 g/mol. The van der Waals surface area contributed by atoms with Crippen LogP contribution >= 0.6 is 0 Å². The van der Waals surface area contributed by atoms with Gasteiger partial charge in [0, 0.05) is 33.2 Å². The zero-order valence-electron chi connectivity index (χ0n) is 43.4. The third kappa shape index (κ3) is 7.64. The average Bonchev–Trinajstić information content (AvgIpc) is 4.26. The first-order chi connectivity index (χ1) is 39.2. The zero-order valence-corrected chi connectivity index (χ0v) is 43.4. The minimum Gasteiger partial charge on any atom is -0.310 e. The summed E-state index contributed by atoms with van der Waals surface area (Å²) in [4.78, 5) is 2.49. The molecule has 0 bridgehead atoms. The van der Waals surface area contributed by atoms with Crippen molar-refractivity contribution in [2.45, 2.75) is 5.41 Å². The predicted octanol–water partition coefficient (Wildman–Crippen LogP) is 20.4. The highest BCUT2D eigenvalue weighted by Crippen LogP contribution is 2.57. The van der Waals surface area contributed by atoms with Gasteiger partial charge in [0.05, 0.1) is 22.1 Å². The molecule has 14 aromatic rings. The van der Waals surface area contributed by atoms with Crippen LogP contribution < -0.4 is 4.90 Å². The summed E-state index contributed by atoms with van der Waals surface area (Å²) in [5.74, 6) is 0. The Morgan fingerprint density at radius 2 is 0.747 bits per heavy atom. The predicted molar refractivity (Wildman–Crippen MR) is 332 cm³/mol. The minimum atomic E-state index is -0.552. The highest BCUT2D eigenvalue weighted by molar-refractivity contribution is 6.11. The molecule has 79 heavy (non-hydrogen) atoms. The normalized spacial score (nSPS) is 12.4. The third-order valence-electron chi connectivity index (χ3n) is 16.5. The fourth-order valence-corrected chi connectivity index (χ4v) is 12.9. The maximum atomic E-state index is 2.49. The van der Waals surface area contributed by atoms with Crippen LogP contribution in [0.2, 0.25) is 0 Å². The topological polar surface area (TPSA) is 8.17 Å². The van der Waals surface area contributed by atoms with Crippen LogP contribution in [0.3, 0.4) is 0 Å². The van der Waals surface area contributed by atoms with Gasteiger partial charge in [0.2, 0.25) is 0 Å². The van der Waals surface area contributed by atoms with E-state index in [1.807, 2.05) is 0 Å². The van der Waals surface area contributed by atoms with Gasteiger partial charge < -0.3 is 9.47 Å². The second kappa shape index (κ2) is 19.1. The molecule has 1 heterocycles. The Labute approximate surface area is 461 Å². The number of aromatic nitrogens is 1. The lowest BCUT2D eigenvalue weighted by atomic mass is 9.67. The van der Waals surface area contributed by atoms with Crippen molar-refractivity contribution in [3.8, 4) is 61.3 Å². The Bertz CT molecular complexity index is 4540. The molecule has 15 rings (SSSR count). The van der Waals surface area contributed by atoms with Crippen molar-refractivity contribution in [2.75, 3.05) is 4.90 Å². The summed E-state index contributed by atoms with van der Waals surface area (Å²) < 4.78 is 2.40. The number of hydrogen-bond donors (Lipinski definition) is 0. The van der Waals surface area contributed by atoms with Gasteiger partial charge in [-0.15, -0.1) is 0 Å². The summed E-state index contributed by atoms with van der Waals surface area (Å²) in [6.45, 7) is 0. The van der Waals surface area contributed by atoms with Crippen molar-refractivity contribution in [3.63, 3.8) is 0 Å². The second-order valence-corrected chi connectivity index (χ2v) is 20.8. The van der Waals surface area contributed by atoms with E-state index in [4.69, 9.17) is 0 Å². The number of benzene rings is 13. The van der Waals surface area contributed by atoms with Gasteiger partial charge in [-0.05, 0) is 150 Å². The van der Waals surface area contributed by atoms with E-state index in [0.29, 0.717) is 0 Å². The molecule has 0 unspecified atom stereocenters. The maximum Gasteiger partial charge on any atom is 0.0714 e. The summed E-state index contributed by atoms with van der Waals surface area (Å²) >= 11 is 0. The molecular formula is C77H52N2. The second-order valence-electron chi connectivity index (χ2n) is 20.8. The molecule has 2 heteroatoms. The lowest BCUT2D eigenvalue weighted by Gasteiger charge is -2.35. The molecule has 0 atom stereocenters. The van der Waals surface area contributed by atoms with Crippen molar-refractivity contribution < 1.29 is 0 Å². The molecule has 1 aliphatic rings. The van der Waals surface area contributed by atoms with Crippen molar-refractivity contribution in [1.29, 1.82) is 0 Å². The Kier molecular flexibility index (Phi) is 11.1. The van der Waals surface area contributed by atoms with E-state index in [0.717, 1.165) is 33.9 Å². The van der Waals surface area contributed by atoms with Crippen LogP contribution in [0.4, 0.5) is 17.1 Å². The zero-order chi connectivity index (χ0) is 52.3. The van der Waals surface area contributed by atoms with Crippen LogP contribution in [-0.2, 0) is 5.41 Å². The van der Waals surface area contributed by atoms with E-state index in [2.05, 4.69) is 325 Å². The number of fused-ring (bicyclic) bond motifs is 7. The third-order valence-corrected chi connectivity index (χ3v) is 16.5. The van der Waals surface area contributed by atoms with Crippen molar-refractivity contribution in [3.05, 3.63) is 338 Å². The summed E-state index contributed by atoms with van der Waals surface area (Å²) in [6.07, 6.45) is 0. The van der Waals surface area contributed by atoms with E-state index in [-0.39, 0.29) is 0 Å². The minimum absolute atomic E-state index is 0.552. The molecule has 0 fully saturated rings. The van der Waals surface area contributed by atoms with Gasteiger partial charge in [-0.25, -0.2) is 0 Å². The van der Waals surface area contributed by atoms with E-state index in [1.165, 1.54) is 99.3 Å². The van der Waals surface area contributed by atoms with Crippen LogP contribution in [0.15, 0.2) is 315 Å². The van der Waals surface area contributed by atoms with Crippen LogP contribution in [0, 0.1) is 0 Å². The highest BCUT2D eigenvalue weighted by atomic mass is 15.1. The maximum absolute atomic E-state index is 2.49. The standard InChI is InChI=1S/C77H52N2/c1-5-21-53(22-6-1)54-39-42-62(43-40-54)79-74-38-18-16-36-70(74)71-51-59(41-47-76(71)79)57-26-19-25-56(49-57)58-27-20-32-63(50-58)78(75-48-46-65(55-23-7-2-8-24-55)66-33-13-14-35-69(66)75)64-44-45-68-67-34-15-17-37-72(67)77(73(68)52-64,60-28-9-3-10-29-60)61-30-11-4-12-31-61/h1-52H. The van der Waals surface area contributed by atoms with Crippen LogP contribution in [0.5, 0.6) is 0 Å². The monoisotopic (exact) mass is 1000 g/mol. The van der Waals surface area contributed by atoms with Gasteiger partial charge in [-0.1, -0.05) is 249 Å². The van der Waals surface area contributed by atoms with Gasteiger partial charge in [0.25, 0.3) is 0 Å². The fourth-order valence-electron chi connectivity index (χ4n) is 12.9. The van der Waals surface area contributed by atoms with E-state index in [9.17, 15) is 0 Å². The molecule has 1 aliphatic carbocycles. The summed E-state index contributed by atoms with van der Waals surface area (Å²) in [5, 5.41) is 4.85. The summed E-state index contributed by atoms with van der Waals surface area (Å²) in [5.41, 5.74) is 23.3. The fraction of sp³-hybridized carbons (Fsp3) is 0.0130. The van der Waals surface area contributed by atoms with Crippen LogP contribution in [-0.4, -0.2) is 4.57 Å². The number of nitrogens with zero attached hydrogens (tertiary/aromatic N) is 2. The summed E-state index contributed by atoms with van der Waals surface area (Å²) in [6, 6.07) is 116. The first-order valence-corrected chi connectivity index (χ1v) is 27.3.